The average molecular weight is 291 g/mol. The van der Waals surface area contributed by atoms with Crippen LogP contribution in [-0.4, -0.2) is 50.2 Å². The quantitative estimate of drug-likeness (QED) is 0.827. The van der Waals surface area contributed by atoms with Gasteiger partial charge in [0.2, 0.25) is 0 Å². The van der Waals surface area contributed by atoms with Gasteiger partial charge >= 0.3 is 0 Å². The van der Waals surface area contributed by atoms with E-state index in [1.807, 2.05) is 12.1 Å². The lowest BCUT2D eigenvalue weighted by Crippen LogP contribution is -2.29. The number of likely N-dealkylation sites (N-methyl/N-ethyl adjacent to an activating group) is 1. The van der Waals surface area contributed by atoms with E-state index >= 15 is 0 Å². The predicted octanol–water partition coefficient (Wildman–Crippen LogP) is 1.24. The fourth-order valence-electron chi connectivity index (χ4n) is 2.40. The molecule has 0 bridgehead atoms. The minimum atomic E-state index is -0.369. The summed E-state index contributed by atoms with van der Waals surface area (Å²) in [5.41, 5.74) is 7.63. The Morgan fingerprint density at radius 1 is 1.33 bits per heavy atom. The van der Waals surface area contributed by atoms with Crippen molar-refractivity contribution in [2.24, 2.45) is 5.73 Å². The van der Waals surface area contributed by atoms with Gasteiger partial charge in [0.15, 0.2) is 0 Å². The van der Waals surface area contributed by atoms with Gasteiger partial charge in [0.1, 0.15) is 6.10 Å². The van der Waals surface area contributed by atoms with Gasteiger partial charge in [-0.25, -0.2) is 0 Å². The second-order valence-electron chi connectivity index (χ2n) is 5.80. The molecular formula is C16H25N3O2. The minimum absolute atomic E-state index is 0.0224. The number of benzene rings is 1. The lowest BCUT2D eigenvalue weighted by atomic mass is 10.1. The van der Waals surface area contributed by atoms with Crippen LogP contribution in [0.2, 0.25) is 0 Å². The molecule has 5 nitrogen and oxygen atoms in total. The molecule has 0 radical (unpaired) electrons. The summed E-state index contributed by atoms with van der Waals surface area (Å²) in [5.74, 6) is -0.0769. The van der Waals surface area contributed by atoms with E-state index in [-0.39, 0.29) is 18.1 Å². The Kier molecular flexibility index (Phi) is 5.73. The van der Waals surface area contributed by atoms with Crippen LogP contribution in [0, 0.1) is 0 Å². The maximum absolute atomic E-state index is 12.1. The molecule has 0 saturated carbocycles. The number of anilines is 1. The van der Waals surface area contributed by atoms with Gasteiger partial charge in [0.05, 0.1) is 6.10 Å². The van der Waals surface area contributed by atoms with Gasteiger partial charge in [0.25, 0.3) is 5.91 Å². The number of rotatable bonds is 6. The molecule has 5 heteroatoms. The number of hydrogen-bond donors (Lipinski definition) is 2. The Bertz CT molecular complexity index is 459. The van der Waals surface area contributed by atoms with Crippen molar-refractivity contribution in [1.29, 1.82) is 0 Å². The highest BCUT2D eigenvalue weighted by Crippen LogP contribution is 2.20. The summed E-state index contributed by atoms with van der Waals surface area (Å²) in [6.07, 6.45) is 2.26. The summed E-state index contributed by atoms with van der Waals surface area (Å²) < 4.78 is 5.59. The maximum atomic E-state index is 12.1. The van der Waals surface area contributed by atoms with Crippen LogP contribution in [0.5, 0.6) is 0 Å². The van der Waals surface area contributed by atoms with Crippen LogP contribution in [0.4, 0.5) is 5.69 Å². The predicted molar refractivity (Wildman–Crippen MR) is 84.3 cm³/mol. The molecule has 1 saturated heterocycles. The van der Waals surface area contributed by atoms with Gasteiger partial charge in [-0.15, -0.1) is 0 Å². The molecule has 1 heterocycles. The third-order valence-corrected chi connectivity index (χ3v) is 3.73. The molecule has 1 amide bonds. The standard InChI is InChI=1S/C16H25N3O2/c1-19(2)10-9-12-3-5-13(6-4-12)18-16(20)15-8-7-14(11-17)21-15/h3-6,14-15H,7-11,17H2,1-2H3,(H,18,20)/t14-,15+/m1/s1. The lowest BCUT2D eigenvalue weighted by molar-refractivity contribution is -0.126. The van der Waals surface area contributed by atoms with E-state index in [9.17, 15) is 4.79 Å². The van der Waals surface area contributed by atoms with E-state index in [1.165, 1.54) is 5.56 Å². The van der Waals surface area contributed by atoms with Crippen LogP contribution in [0.1, 0.15) is 18.4 Å². The molecule has 3 N–H and O–H groups in total. The number of hydrogen-bond acceptors (Lipinski definition) is 4. The summed E-state index contributed by atoms with van der Waals surface area (Å²) in [4.78, 5) is 14.2. The topological polar surface area (TPSA) is 67.6 Å². The maximum Gasteiger partial charge on any atom is 0.253 e. The largest absolute Gasteiger partial charge is 0.364 e. The van der Waals surface area contributed by atoms with Crippen molar-refractivity contribution >= 4 is 11.6 Å². The Morgan fingerprint density at radius 2 is 2.05 bits per heavy atom. The first-order chi connectivity index (χ1) is 10.1. The Morgan fingerprint density at radius 3 is 2.62 bits per heavy atom. The van der Waals surface area contributed by atoms with E-state index in [0.29, 0.717) is 6.54 Å². The molecule has 1 fully saturated rings. The number of nitrogens with zero attached hydrogens (tertiary/aromatic N) is 1. The zero-order valence-electron chi connectivity index (χ0n) is 12.8. The molecule has 0 unspecified atom stereocenters. The normalized spacial score (nSPS) is 21.7. The van der Waals surface area contributed by atoms with Crippen molar-refractivity contribution in [2.45, 2.75) is 31.5 Å². The third-order valence-electron chi connectivity index (χ3n) is 3.73. The molecule has 21 heavy (non-hydrogen) atoms. The van der Waals surface area contributed by atoms with Crippen molar-refractivity contribution in [3.8, 4) is 0 Å². The summed E-state index contributed by atoms with van der Waals surface area (Å²) in [7, 11) is 4.12. The fraction of sp³-hybridized carbons (Fsp3) is 0.562. The van der Waals surface area contributed by atoms with E-state index < -0.39 is 0 Å². The second kappa shape index (κ2) is 7.54. The van der Waals surface area contributed by atoms with Crippen LogP contribution in [0.15, 0.2) is 24.3 Å². The first-order valence-electron chi connectivity index (χ1n) is 7.48. The molecule has 2 rings (SSSR count). The molecule has 1 aliphatic heterocycles. The summed E-state index contributed by atoms with van der Waals surface area (Å²) in [5, 5.41) is 2.91. The molecule has 1 aromatic carbocycles. The molecule has 2 atom stereocenters. The number of carbonyl (C=O) groups excluding carboxylic acids is 1. The van der Waals surface area contributed by atoms with Gasteiger partial charge in [-0.2, -0.15) is 0 Å². The van der Waals surface area contributed by atoms with E-state index in [0.717, 1.165) is 31.5 Å². The fourth-order valence-corrected chi connectivity index (χ4v) is 2.40. The highest BCUT2D eigenvalue weighted by molar-refractivity contribution is 5.94. The first kappa shape index (κ1) is 15.9. The highest BCUT2D eigenvalue weighted by atomic mass is 16.5. The Hall–Kier alpha value is -1.43. The molecule has 0 aliphatic carbocycles. The van der Waals surface area contributed by atoms with Crippen LogP contribution in [0.25, 0.3) is 0 Å². The van der Waals surface area contributed by atoms with Crippen LogP contribution >= 0.6 is 0 Å². The van der Waals surface area contributed by atoms with E-state index in [2.05, 4.69) is 36.4 Å². The van der Waals surface area contributed by atoms with E-state index in [4.69, 9.17) is 10.5 Å². The van der Waals surface area contributed by atoms with Gasteiger partial charge in [-0.3, -0.25) is 4.79 Å². The molecular weight excluding hydrogens is 266 g/mol. The van der Waals surface area contributed by atoms with Crippen LogP contribution in [0.3, 0.4) is 0 Å². The van der Waals surface area contributed by atoms with Crippen LogP contribution < -0.4 is 11.1 Å². The SMILES string of the molecule is CN(C)CCc1ccc(NC(=O)[C@@H]2CC[C@H](CN)O2)cc1. The molecule has 1 aliphatic rings. The van der Waals surface area contributed by atoms with Gasteiger partial charge in [-0.05, 0) is 51.1 Å². The minimum Gasteiger partial charge on any atom is -0.364 e. The Labute approximate surface area is 126 Å². The number of nitrogens with one attached hydrogen (secondary N) is 1. The van der Waals surface area contributed by atoms with Gasteiger partial charge < -0.3 is 20.7 Å². The molecule has 0 spiro atoms. The van der Waals surface area contributed by atoms with E-state index in [1.54, 1.807) is 0 Å². The zero-order chi connectivity index (χ0) is 15.2. The van der Waals surface area contributed by atoms with Gasteiger partial charge in [0, 0.05) is 18.8 Å². The number of nitrogens with two attached hydrogens (primary N) is 1. The van der Waals surface area contributed by atoms with Crippen molar-refractivity contribution in [1.82, 2.24) is 4.90 Å². The van der Waals surface area contributed by atoms with Crippen LogP contribution in [-0.2, 0) is 16.0 Å². The average Bonchev–Trinajstić information content (AvgIpc) is 2.95. The monoisotopic (exact) mass is 291 g/mol. The van der Waals surface area contributed by atoms with Crippen molar-refractivity contribution < 1.29 is 9.53 Å². The number of ether oxygens (including phenoxy) is 1. The second-order valence-corrected chi connectivity index (χ2v) is 5.80. The molecule has 0 aromatic heterocycles. The van der Waals surface area contributed by atoms with Crippen molar-refractivity contribution in [2.75, 3.05) is 32.5 Å². The molecule has 116 valence electrons. The number of amides is 1. The Balaban J connectivity index is 1.84. The summed E-state index contributed by atoms with van der Waals surface area (Å²) in [6, 6.07) is 7.99. The zero-order valence-corrected chi connectivity index (χ0v) is 12.8. The van der Waals surface area contributed by atoms with Gasteiger partial charge in [-0.1, -0.05) is 12.1 Å². The third kappa shape index (κ3) is 4.81. The molecule has 1 aromatic rings. The number of carbonyl (C=O) groups is 1. The van der Waals surface area contributed by atoms with Crippen molar-refractivity contribution in [3.05, 3.63) is 29.8 Å². The smallest absolute Gasteiger partial charge is 0.253 e. The summed E-state index contributed by atoms with van der Waals surface area (Å²) in [6.45, 7) is 1.49. The first-order valence-corrected chi connectivity index (χ1v) is 7.48. The van der Waals surface area contributed by atoms with Crippen molar-refractivity contribution in [3.63, 3.8) is 0 Å². The highest BCUT2D eigenvalue weighted by Gasteiger charge is 2.29. The lowest BCUT2D eigenvalue weighted by Gasteiger charge is -2.13. The summed E-state index contributed by atoms with van der Waals surface area (Å²) >= 11 is 0.